The molecule has 0 atom stereocenters. The highest BCUT2D eigenvalue weighted by molar-refractivity contribution is 6.14. The van der Waals surface area contributed by atoms with E-state index in [1.165, 1.54) is 12.1 Å². The van der Waals surface area contributed by atoms with Crippen molar-refractivity contribution >= 4 is 21.8 Å². The number of aryl methyl sites for hydroxylation is 1. The Morgan fingerprint density at radius 3 is 2.54 bits per heavy atom. The van der Waals surface area contributed by atoms with Crippen molar-refractivity contribution in [1.82, 2.24) is 15.2 Å². The van der Waals surface area contributed by atoms with Crippen molar-refractivity contribution < 1.29 is 19.0 Å². The van der Waals surface area contributed by atoms with Crippen LogP contribution in [0.1, 0.15) is 5.56 Å². The van der Waals surface area contributed by atoms with Gasteiger partial charge in [-0.25, -0.2) is 9.37 Å². The molecule has 0 aliphatic rings. The number of methoxy groups -OCH3 is 2. The van der Waals surface area contributed by atoms with E-state index in [1.54, 1.807) is 26.5 Å². The van der Waals surface area contributed by atoms with Gasteiger partial charge in [-0.05, 0) is 36.8 Å². The Bertz CT molecular complexity index is 1150. The third kappa shape index (κ3) is 2.24. The molecule has 0 unspecified atom stereocenters. The van der Waals surface area contributed by atoms with E-state index in [4.69, 9.17) is 9.47 Å². The first kappa shape index (κ1) is 16.1. The molecule has 0 aliphatic heterocycles. The molecule has 132 valence electrons. The van der Waals surface area contributed by atoms with Crippen LogP contribution in [0.4, 0.5) is 4.39 Å². The molecule has 2 N–H and O–H groups in total. The number of phenolic OH excluding ortho intramolecular Hbond substituents is 1. The van der Waals surface area contributed by atoms with E-state index in [9.17, 15) is 9.50 Å². The van der Waals surface area contributed by atoms with Crippen molar-refractivity contribution in [3.63, 3.8) is 0 Å². The Morgan fingerprint density at radius 1 is 1.08 bits per heavy atom. The maximum absolute atomic E-state index is 13.9. The van der Waals surface area contributed by atoms with Gasteiger partial charge >= 0.3 is 0 Å². The Hall–Kier alpha value is -3.35. The van der Waals surface area contributed by atoms with Crippen LogP contribution < -0.4 is 9.47 Å². The number of phenols is 1. The maximum Gasteiger partial charge on any atom is 0.169 e. The van der Waals surface area contributed by atoms with E-state index in [0.717, 1.165) is 21.7 Å². The number of rotatable bonds is 3. The fraction of sp³-hybridized carbons (Fsp3) is 0.158. The zero-order valence-corrected chi connectivity index (χ0v) is 14.4. The van der Waals surface area contributed by atoms with Gasteiger partial charge in [-0.1, -0.05) is 0 Å². The molecular formula is C19H16FN3O3. The van der Waals surface area contributed by atoms with Gasteiger partial charge < -0.3 is 14.6 Å². The van der Waals surface area contributed by atoms with E-state index in [1.807, 2.05) is 13.0 Å². The van der Waals surface area contributed by atoms with Gasteiger partial charge in [0.05, 0.1) is 31.5 Å². The summed E-state index contributed by atoms with van der Waals surface area (Å²) in [6, 6.07) is 6.11. The minimum absolute atomic E-state index is 0.406. The molecule has 4 rings (SSSR count). The first-order chi connectivity index (χ1) is 12.5. The number of aromatic hydroxyl groups is 1. The van der Waals surface area contributed by atoms with Crippen molar-refractivity contribution in [3.05, 3.63) is 41.8 Å². The number of H-pyrrole nitrogens is 1. The fourth-order valence-electron chi connectivity index (χ4n) is 3.27. The molecule has 0 spiro atoms. The predicted octanol–water partition coefficient (Wildman–Crippen LogP) is 3.95. The van der Waals surface area contributed by atoms with Crippen LogP contribution in [0.25, 0.3) is 33.1 Å². The summed E-state index contributed by atoms with van der Waals surface area (Å²) in [5.74, 6) is 0.0730. The summed E-state index contributed by atoms with van der Waals surface area (Å²) in [6.45, 7) is 1.90. The van der Waals surface area contributed by atoms with Crippen LogP contribution in [0.15, 0.2) is 30.5 Å². The van der Waals surface area contributed by atoms with Gasteiger partial charge in [-0.3, -0.25) is 5.10 Å². The molecule has 0 fully saturated rings. The number of benzene rings is 2. The summed E-state index contributed by atoms with van der Waals surface area (Å²) < 4.78 is 25.1. The molecule has 26 heavy (non-hydrogen) atoms. The molecule has 2 aromatic carbocycles. The third-order valence-electron chi connectivity index (χ3n) is 4.42. The largest absolute Gasteiger partial charge is 0.505 e. The van der Waals surface area contributed by atoms with Gasteiger partial charge in [0.15, 0.2) is 28.7 Å². The SMILES string of the molecule is COc1c(C)cc2c(-c3ccc(O)c(F)c3)nc3[nH]ncc3c2c1OC. The Morgan fingerprint density at radius 2 is 1.85 bits per heavy atom. The molecule has 0 saturated heterocycles. The van der Waals surface area contributed by atoms with Gasteiger partial charge in [0.1, 0.15) is 0 Å². The quantitative estimate of drug-likeness (QED) is 0.583. The Kier molecular flexibility index (Phi) is 3.64. The molecule has 0 bridgehead atoms. The van der Waals surface area contributed by atoms with Crippen LogP contribution in [-0.4, -0.2) is 34.5 Å². The van der Waals surface area contributed by atoms with Crippen molar-refractivity contribution in [2.24, 2.45) is 0 Å². The molecular weight excluding hydrogens is 337 g/mol. The number of pyridine rings is 1. The molecule has 0 saturated carbocycles. The van der Waals surface area contributed by atoms with Gasteiger partial charge in [0, 0.05) is 16.3 Å². The molecule has 4 aromatic rings. The molecule has 0 aliphatic carbocycles. The van der Waals surface area contributed by atoms with Crippen molar-refractivity contribution in [2.75, 3.05) is 14.2 Å². The first-order valence-electron chi connectivity index (χ1n) is 7.92. The van der Waals surface area contributed by atoms with Crippen molar-refractivity contribution in [2.45, 2.75) is 6.92 Å². The molecule has 6 nitrogen and oxygen atoms in total. The highest BCUT2D eigenvalue weighted by Crippen LogP contribution is 2.44. The summed E-state index contributed by atoms with van der Waals surface area (Å²) in [5, 5.41) is 18.7. The topological polar surface area (TPSA) is 80.3 Å². The summed E-state index contributed by atoms with van der Waals surface area (Å²) in [4.78, 5) is 4.61. The summed E-state index contributed by atoms with van der Waals surface area (Å²) >= 11 is 0. The monoisotopic (exact) mass is 353 g/mol. The zero-order valence-electron chi connectivity index (χ0n) is 14.4. The molecule has 7 heteroatoms. The molecule has 0 radical (unpaired) electrons. The Labute approximate surface area is 148 Å². The number of aromatic nitrogens is 3. The smallest absolute Gasteiger partial charge is 0.169 e. The molecule has 2 heterocycles. The van der Waals surface area contributed by atoms with Crippen LogP contribution >= 0.6 is 0 Å². The normalized spacial score (nSPS) is 11.2. The first-order valence-corrected chi connectivity index (χ1v) is 7.92. The van der Waals surface area contributed by atoms with E-state index >= 15 is 0 Å². The lowest BCUT2D eigenvalue weighted by atomic mass is 9.98. The summed E-state index contributed by atoms with van der Waals surface area (Å²) in [6.07, 6.45) is 1.67. The van der Waals surface area contributed by atoms with E-state index in [2.05, 4.69) is 15.2 Å². The van der Waals surface area contributed by atoms with Crippen LogP contribution in [0.3, 0.4) is 0 Å². The number of nitrogens with one attached hydrogen (secondary N) is 1. The summed E-state index contributed by atoms with van der Waals surface area (Å²) in [7, 11) is 3.16. The number of hydrogen-bond acceptors (Lipinski definition) is 5. The minimum Gasteiger partial charge on any atom is -0.505 e. The number of fused-ring (bicyclic) bond motifs is 3. The second-order valence-corrected chi connectivity index (χ2v) is 5.94. The Balaban J connectivity index is 2.19. The second-order valence-electron chi connectivity index (χ2n) is 5.94. The lowest BCUT2D eigenvalue weighted by Crippen LogP contribution is -1.97. The fourth-order valence-corrected chi connectivity index (χ4v) is 3.27. The highest BCUT2D eigenvalue weighted by atomic mass is 19.1. The average molecular weight is 353 g/mol. The average Bonchev–Trinajstić information content (AvgIpc) is 3.10. The van der Waals surface area contributed by atoms with Crippen LogP contribution in [0, 0.1) is 12.7 Å². The number of ether oxygens (including phenoxy) is 2. The highest BCUT2D eigenvalue weighted by Gasteiger charge is 2.20. The van der Waals surface area contributed by atoms with Crippen molar-refractivity contribution in [3.8, 4) is 28.5 Å². The number of hydrogen-bond donors (Lipinski definition) is 2. The van der Waals surface area contributed by atoms with E-state index in [0.29, 0.717) is 28.4 Å². The maximum atomic E-state index is 13.9. The van der Waals surface area contributed by atoms with E-state index in [-0.39, 0.29) is 0 Å². The summed E-state index contributed by atoms with van der Waals surface area (Å²) in [5.41, 5.74) is 2.50. The van der Waals surface area contributed by atoms with Crippen LogP contribution in [0.5, 0.6) is 17.2 Å². The third-order valence-corrected chi connectivity index (χ3v) is 4.42. The van der Waals surface area contributed by atoms with Gasteiger partial charge in [0.2, 0.25) is 0 Å². The number of nitrogens with zero attached hydrogens (tertiary/aromatic N) is 2. The van der Waals surface area contributed by atoms with Crippen LogP contribution in [0.2, 0.25) is 0 Å². The van der Waals surface area contributed by atoms with Crippen molar-refractivity contribution in [1.29, 1.82) is 0 Å². The van der Waals surface area contributed by atoms with Gasteiger partial charge in [-0.15, -0.1) is 0 Å². The number of aromatic amines is 1. The predicted molar refractivity (Wildman–Crippen MR) is 96.3 cm³/mol. The molecule has 0 amide bonds. The van der Waals surface area contributed by atoms with Crippen LogP contribution in [-0.2, 0) is 0 Å². The minimum atomic E-state index is -0.709. The van der Waals surface area contributed by atoms with Gasteiger partial charge in [-0.2, -0.15) is 5.10 Å². The lowest BCUT2D eigenvalue weighted by molar-refractivity contribution is 0.356. The van der Waals surface area contributed by atoms with Gasteiger partial charge in [0.25, 0.3) is 0 Å². The standard InChI is InChI=1S/C19H16FN3O3/c1-9-6-11-15(18(26-3)17(9)25-2)12-8-21-23-19(12)22-16(11)10-4-5-14(24)13(20)7-10/h4-8,24H,1-3H3,(H,21,22,23). The second kappa shape index (κ2) is 5.87. The van der Waals surface area contributed by atoms with E-state index < -0.39 is 11.6 Å². The lowest BCUT2D eigenvalue weighted by Gasteiger charge is -2.16. The molecule has 2 aromatic heterocycles. The zero-order chi connectivity index (χ0) is 18.4. The number of halogens is 1.